The molecule has 0 amide bonds. The quantitative estimate of drug-likeness (QED) is 0.266. The molecular weight excluding hydrogens is 564 g/mol. The first-order valence-electron chi connectivity index (χ1n) is 15.7. The average molecular weight is 607 g/mol. The topological polar surface area (TPSA) is 30.9 Å². The maximum atomic E-state index is 15.3. The van der Waals surface area contributed by atoms with Gasteiger partial charge in [-0.25, -0.2) is 9.38 Å². The van der Waals surface area contributed by atoms with Crippen molar-refractivity contribution in [3.8, 4) is 11.8 Å². The maximum Gasteiger partial charge on any atom is 0.416 e. The van der Waals surface area contributed by atoms with Crippen molar-refractivity contribution in [2.24, 2.45) is 16.8 Å². The number of halogens is 4. The van der Waals surface area contributed by atoms with E-state index in [0.717, 1.165) is 37.2 Å². The van der Waals surface area contributed by atoms with E-state index in [2.05, 4.69) is 40.6 Å². The molecule has 2 aromatic carbocycles. The van der Waals surface area contributed by atoms with Gasteiger partial charge in [0.05, 0.1) is 23.6 Å². The number of piperidine rings is 1. The van der Waals surface area contributed by atoms with E-state index in [-0.39, 0.29) is 41.5 Å². The highest BCUT2D eigenvalue weighted by Crippen LogP contribution is 2.44. The van der Waals surface area contributed by atoms with Gasteiger partial charge in [0.15, 0.2) is 0 Å². The van der Waals surface area contributed by atoms with Crippen molar-refractivity contribution in [3.05, 3.63) is 87.9 Å². The molecule has 5 rings (SSSR count). The molecule has 0 radical (unpaired) electrons. The second kappa shape index (κ2) is 13.6. The Labute approximate surface area is 258 Å². The fraction of sp³-hybridized carbons (Fsp3) is 0.472. The number of hydrogen-bond donors (Lipinski definition) is 1. The van der Waals surface area contributed by atoms with Crippen molar-refractivity contribution in [1.29, 1.82) is 0 Å². The number of nitrogens with one attached hydrogen (secondary N) is 1. The van der Waals surface area contributed by atoms with E-state index in [9.17, 15) is 13.2 Å². The van der Waals surface area contributed by atoms with Crippen LogP contribution in [-0.4, -0.2) is 41.8 Å². The number of likely N-dealkylation sites (tertiary alicyclic amines) is 1. The number of allylic oxidation sites excluding steroid dienone is 1. The Hall–Kier alpha value is -3.57. The molecule has 44 heavy (non-hydrogen) atoms. The summed E-state index contributed by atoms with van der Waals surface area (Å²) in [5, 5.41) is 3.04. The van der Waals surface area contributed by atoms with Gasteiger partial charge in [-0.1, -0.05) is 57.7 Å². The maximum absolute atomic E-state index is 15.3. The van der Waals surface area contributed by atoms with Crippen LogP contribution in [0.1, 0.15) is 86.3 Å². The lowest BCUT2D eigenvalue weighted by atomic mass is 9.94. The molecule has 1 atom stereocenters. The van der Waals surface area contributed by atoms with Crippen molar-refractivity contribution in [2.75, 3.05) is 19.6 Å². The van der Waals surface area contributed by atoms with Crippen LogP contribution in [-0.2, 0) is 19.3 Å². The SMILES string of the molecule is C=C1c2cc(C#Cc3ccc(CN4CCC(CC)CC4)cc3)cc(C(F)(F)F)c2CN1C(C1=C(/F)CCCN/C=N\1)C(C)C. The molecule has 1 unspecified atom stereocenters. The molecule has 1 saturated heterocycles. The molecular formula is C36H42F4N4. The van der Waals surface area contributed by atoms with Crippen LogP contribution < -0.4 is 5.32 Å². The highest BCUT2D eigenvalue weighted by atomic mass is 19.4. The molecule has 234 valence electrons. The second-order valence-electron chi connectivity index (χ2n) is 12.5. The lowest BCUT2D eigenvalue weighted by molar-refractivity contribution is -0.138. The van der Waals surface area contributed by atoms with Crippen LogP contribution in [0.5, 0.6) is 0 Å². The van der Waals surface area contributed by atoms with Crippen molar-refractivity contribution in [2.45, 2.75) is 78.2 Å². The second-order valence-corrected chi connectivity index (χ2v) is 12.5. The third kappa shape index (κ3) is 7.21. The summed E-state index contributed by atoms with van der Waals surface area (Å²) < 4.78 is 58.4. The first kappa shape index (κ1) is 31.8. The number of rotatable bonds is 6. The summed E-state index contributed by atoms with van der Waals surface area (Å²) in [5.41, 5.74) is 2.67. The number of benzene rings is 2. The number of aliphatic imine (C=N–C) groups is 1. The van der Waals surface area contributed by atoms with Crippen LogP contribution in [0, 0.1) is 23.7 Å². The first-order valence-corrected chi connectivity index (χ1v) is 15.7. The Kier molecular flexibility index (Phi) is 9.84. The van der Waals surface area contributed by atoms with Crippen LogP contribution in [0.25, 0.3) is 5.70 Å². The molecule has 0 aromatic heterocycles. The highest BCUT2D eigenvalue weighted by Gasteiger charge is 2.41. The van der Waals surface area contributed by atoms with E-state index < -0.39 is 17.8 Å². The monoisotopic (exact) mass is 606 g/mol. The summed E-state index contributed by atoms with van der Waals surface area (Å²) in [5.74, 6) is 6.39. The van der Waals surface area contributed by atoms with E-state index in [1.165, 1.54) is 31.2 Å². The number of hydrogen-bond acceptors (Lipinski definition) is 4. The van der Waals surface area contributed by atoms with Crippen LogP contribution in [0.15, 0.2) is 59.5 Å². The molecule has 0 aliphatic carbocycles. The van der Waals surface area contributed by atoms with Crippen LogP contribution in [0.4, 0.5) is 17.6 Å². The van der Waals surface area contributed by atoms with Crippen LogP contribution >= 0.6 is 0 Å². The van der Waals surface area contributed by atoms with Gasteiger partial charge in [0.1, 0.15) is 5.83 Å². The molecule has 4 nitrogen and oxygen atoms in total. The lowest BCUT2D eigenvalue weighted by Gasteiger charge is -2.34. The minimum Gasteiger partial charge on any atom is -0.376 e. The summed E-state index contributed by atoms with van der Waals surface area (Å²) in [6.07, 6.45) is 1.45. The molecule has 3 aliphatic heterocycles. The van der Waals surface area contributed by atoms with Gasteiger partial charge < -0.3 is 10.2 Å². The van der Waals surface area contributed by atoms with Gasteiger partial charge in [-0.15, -0.1) is 0 Å². The average Bonchev–Trinajstić information content (AvgIpc) is 3.31. The largest absolute Gasteiger partial charge is 0.416 e. The molecule has 0 saturated carbocycles. The van der Waals surface area contributed by atoms with E-state index in [1.54, 1.807) is 11.0 Å². The summed E-state index contributed by atoms with van der Waals surface area (Å²) in [4.78, 5) is 8.60. The molecule has 2 aromatic rings. The Morgan fingerprint density at radius 3 is 2.43 bits per heavy atom. The van der Waals surface area contributed by atoms with E-state index >= 15 is 4.39 Å². The minimum atomic E-state index is -4.58. The fourth-order valence-electron chi connectivity index (χ4n) is 6.54. The number of alkyl halides is 3. The van der Waals surface area contributed by atoms with E-state index in [1.807, 2.05) is 38.1 Å². The Balaban J connectivity index is 1.39. The lowest BCUT2D eigenvalue weighted by Crippen LogP contribution is -2.36. The standard InChI is InChI=1S/C36H42F4N4/c1-5-26-14-17-43(18-15-26)21-28-11-8-27(9-12-28)10-13-29-19-30-25(4)44(22-31(30)32(20-29)36(38,39)40)35(24(2)3)34-33(37)7-6-16-41-23-42-34/h8-9,11-12,19-20,23-24,26,35H,4-7,14-18,21-22H2,1-3H3,(H,41,42)/b34-33-. The Morgan fingerprint density at radius 1 is 1.07 bits per heavy atom. The van der Waals surface area contributed by atoms with Gasteiger partial charge in [-0.05, 0) is 79.6 Å². The molecule has 0 spiro atoms. The van der Waals surface area contributed by atoms with Crippen molar-refractivity contribution in [3.63, 3.8) is 0 Å². The van der Waals surface area contributed by atoms with Gasteiger partial charge in [0.25, 0.3) is 0 Å². The normalized spacial score (nSPS) is 21.3. The summed E-state index contributed by atoms with van der Waals surface area (Å²) in [6.45, 7) is 14.0. The number of fused-ring (bicyclic) bond motifs is 1. The molecule has 3 aliphatic rings. The van der Waals surface area contributed by atoms with Gasteiger partial charge in [-0.3, -0.25) is 4.90 Å². The molecule has 0 bridgehead atoms. The third-order valence-corrected chi connectivity index (χ3v) is 9.07. The van der Waals surface area contributed by atoms with E-state index in [4.69, 9.17) is 0 Å². The predicted molar refractivity (Wildman–Crippen MR) is 169 cm³/mol. The predicted octanol–water partition coefficient (Wildman–Crippen LogP) is 8.13. The zero-order chi connectivity index (χ0) is 31.4. The van der Waals surface area contributed by atoms with Crippen LogP contribution in [0.3, 0.4) is 0 Å². The van der Waals surface area contributed by atoms with Crippen molar-refractivity contribution < 1.29 is 17.6 Å². The van der Waals surface area contributed by atoms with Gasteiger partial charge in [0, 0.05) is 48.4 Å². The zero-order valence-electron chi connectivity index (χ0n) is 25.9. The number of nitrogens with zero attached hydrogens (tertiary/aromatic N) is 3. The summed E-state index contributed by atoms with van der Waals surface area (Å²) in [6, 6.07) is 10.2. The molecule has 1 N–H and O–H groups in total. The van der Waals surface area contributed by atoms with Crippen molar-refractivity contribution in [1.82, 2.24) is 15.1 Å². The smallest absolute Gasteiger partial charge is 0.376 e. The van der Waals surface area contributed by atoms with Crippen LogP contribution in [0.2, 0.25) is 0 Å². The zero-order valence-corrected chi connectivity index (χ0v) is 25.9. The van der Waals surface area contributed by atoms with Gasteiger partial charge >= 0.3 is 6.18 Å². The Morgan fingerprint density at radius 2 is 1.77 bits per heavy atom. The third-order valence-electron chi connectivity index (χ3n) is 9.07. The van der Waals surface area contributed by atoms with Crippen molar-refractivity contribution >= 4 is 12.0 Å². The highest BCUT2D eigenvalue weighted by molar-refractivity contribution is 5.73. The molecule has 1 fully saturated rings. The fourth-order valence-corrected chi connectivity index (χ4v) is 6.54. The summed E-state index contributed by atoms with van der Waals surface area (Å²) >= 11 is 0. The van der Waals surface area contributed by atoms with Gasteiger partial charge in [-0.2, -0.15) is 13.2 Å². The first-order chi connectivity index (χ1) is 21.0. The summed E-state index contributed by atoms with van der Waals surface area (Å²) in [7, 11) is 0. The molecule has 3 heterocycles. The Bertz CT molecular complexity index is 1470. The van der Waals surface area contributed by atoms with E-state index in [0.29, 0.717) is 24.2 Å². The minimum absolute atomic E-state index is 0.0309. The van der Waals surface area contributed by atoms with Gasteiger partial charge in [0.2, 0.25) is 0 Å². The molecule has 8 heteroatoms.